The molecule has 5 rings (SSSR count). The summed E-state index contributed by atoms with van der Waals surface area (Å²) in [6.07, 6.45) is 1.49. The van der Waals surface area contributed by atoms with Crippen molar-refractivity contribution in [3.8, 4) is 0 Å². The number of carbonyl (C=O) groups is 3. The van der Waals surface area contributed by atoms with Crippen molar-refractivity contribution in [2.75, 3.05) is 11.1 Å². The fourth-order valence-corrected chi connectivity index (χ4v) is 5.12. The van der Waals surface area contributed by atoms with Crippen molar-refractivity contribution in [2.24, 2.45) is 0 Å². The van der Waals surface area contributed by atoms with Gasteiger partial charge in [-0.1, -0.05) is 36.0 Å². The first kappa shape index (κ1) is 18.7. The third-order valence-corrected chi connectivity index (χ3v) is 6.79. The summed E-state index contributed by atoms with van der Waals surface area (Å²) >= 11 is 2.86. The molecule has 0 unspecified atom stereocenters. The Bertz CT molecular complexity index is 1350. The van der Waals surface area contributed by atoms with Gasteiger partial charge in [0.2, 0.25) is 5.91 Å². The van der Waals surface area contributed by atoms with E-state index in [2.05, 4.69) is 15.3 Å². The van der Waals surface area contributed by atoms with E-state index in [4.69, 9.17) is 0 Å². The van der Waals surface area contributed by atoms with E-state index in [0.29, 0.717) is 27.9 Å². The van der Waals surface area contributed by atoms with Crippen LogP contribution in [0.25, 0.3) is 10.2 Å². The van der Waals surface area contributed by atoms with Crippen LogP contribution in [0.5, 0.6) is 0 Å². The van der Waals surface area contributed by atoms with E-state index in [1.165, 1.54) is 29.4 Å². The van der Waals surface area contributed by atoms with Gasteiger partial charge in [0.1, 0.15) is 11.4 Å². The minimum absolute atomic E-state index is 0.164. The van der Waals surface area contributed by atoms with Crippen molar-refractivity contribution in [1.29, 1.82) is 0 Å². The number of nitrogens with zero attached hydrogens (tertiary/aromatic N) is 2. The average molecular weight is 431 g/mol. The fraction of sp³-hybridized carbons (Fsp3) is 0.0455. The van der Waals surface area contributed by atoms with E-state index < -0.39 is 0 Å². The monoisotopic (exact) mass is 431 g/mol. The molecule has 0 radical (unpaired) electrons. The number of nitrogens with one attached hydrogen (secondary N) is 1. The Balaban J connectivity index is 1.34. The zero-order chi connectivity index (χ0) is 20.7. The van der Waals surface area contributed by atoms with E-state index in [9.17, 15) is 14.4 Å². The van der Waals surface area contributed by atoms with Gasteiger partial charge in [0.15, 0.2) is 11.6 Å². The summed E-state index contributed by atoms with van der Waals surface area (Å²) in [4.78, 5) is 46.4. The van der Waals surface area contributed by atoms with Crippen LogP contribution in [-0.4, -0.2) is 33.2 Å². The molecule has 0 aliphatic heterocycles. The SMILES string of the molecule is O=C(CSc1ncnc2ccsc12)Nc1ccc2c(c1)C(=O)c1ccccc1C2=O. The minimum Gasteiger partial charge on any atom is -0.325 e. The number of anilines is 1. The molecule has 0 spiro atoms. The normalized spacial score (nSPS) is 12.5. The summed E-state index contributed by atoms with van der Waals surface area (Å²) in [5, 5.41) is 5.50. The molecule has 2 aromatic heterocycles. The summed E-state index contributed by atoms with van der Waals surface area (Å²) in [5.41, 5.74) is 2.79. The number of aromatic nitrogens is 2. The zero-order valence-electron chi connectivity index (χ0n) is 15.4. The fourth-order valence-electron chi connectivity index (χ4n) is 3.38. The number of ketones is 2. The van der Waals surface area contributed by atoms with Crippen molar-refractivity contribution in [3.63, 3.8) is 0 Å². The molecule has 2 heterocycles. The molecule has 1 N–H and O–H groups in total. The van der Waals surface area contributed by atoms with Gasteiger partial charge in [-0.05, 0) is 29.6 Å². The van der Waals surface area contributed by atoms with Crippen LogP contribution < -0.4 is 5.32 Å². The lowest BCUT2D eigenvalue weighted by atomic mass is 9.84. The molecule has 0 saturated carbocycles. The largest absolute Gasteiger partial charge is 0.325 e. The highest BCUT2D eigenvalue weighted by molar-refractivity contribution is 8.00. The Morgan fingerprint density at radius 1 is 0.933 bits per heavy atom. The highest BCUT2D eigenvalue weighted by Gasteiger charge is 2.29. The van der Waals surface area contributed by atoms with Crippen molar-refractivity contribution in [2.45, 2.75) is 5.03 Å². The maximum Gasteiger partial charge on any atom is 0.234 e. The van der Waals surface area contributed by atoms with Gasteiger partial charge < -0.3 is 5.32 Å². The first-order valence-electron chi connectivity index (χ1n) is 9.05. The van der Waals surface area contributed by atoms with Crippen molar-refractivity contribution in [1.82, 2.24) is 9.97 Å². The van der Waals surface area contributed by atoms with Crippen LogP contribution in [0.1, 0.15) is 31.8 Å². The average Bonchev–Trinajstić information content (AvgIpc) is 3.25. The van der Waals surface area contributed by atoms with Gasteiger partial charge in [-0.2, -0.15) is 0 Å². The Kier molecular flexibility index (Phi) is 4.65. The third kappa shape index (κ3) is 3.20. The van der Waals surface area contributed by atoms with Gasteiger partial charge in [0.25, 0.3) is 0 Å². The molecule has 6 nitrogen and oxygen atoms in total. The molecule has 2 aromatic carbocycles. The van der Waals surface area contributed by atoms with Gasteiger partial charge >= 0.3 is 0 Å². The first-order valence-corrected chi connectivity index (χ1v) is 10.9. The van der Waals surface area contributed by atoms with E-state index in [1.54, 1.807) is 42.5 Å². The molecule has 30 heavy (non-hydrogen) atoms. The number of fused-ring (bicyclic) bond motifs is 3. The van der Waals surface area contributed by atoms with E-state index in [-0.39, 0.29) is 23.2 Å². The molecule has 8 heteroatoms. The third-order valence-electron chi connectivity index (χ3n) is 4.76. The summed E-state index contributed by atoms with van der Waals surface area (Å²) < 4.78 is 0.951. The van der Waals surface area contributed by atoms with Crippen molar-refractivity contribution >= 4 is 56.5 Å². The molecule has 4 aromatic rings. The second-order valence-corrected chi connectivity index (χ2v) is 8.49. The Labute approximate surface area is 179 Å². The Morgan fingerprint density at radius 2 is 1.67 bits per heavy atom. The predicted octanol–water partition coefficient (Wildman–Crippen LogP) is 4.20. The van der Waals surface area contributed by atoms with E-state index in [0.717, 1.165) is 15.2 Å². The van der Waals surface area contributed by atoms with Crippen molar-refractivity contribution < 1.29 is 14.4 Å². The van der Waals surface area contributed by atoms with E-state index in [1.807, 2.05) is 11.4 Å². The molecule has 0 saturated heterocycles. The predicted molar refractivity (Wildman–Crippen MR) is 117 cm³/mol. The van der Waals surface area contributed by atoms with Crippen LogP contribution in [0.4, 0.5) is 5.69 Å². The second kappa shape index (κ2) is 7.47. The molecule has 0 fully saturated rings. The Morgan fingerprint density at radius 3 is 2.47 bits per heavy atom. The number of thioether (sulfide) groups is 1. The molecule has 0 bridgehead atoms. The topological polar surface area (TPSA) is 89.0 Å². The quantitative estimate of drug-likeness (QED) is 0.339. The molecule has 0 atom stereocenters. The highest BCUT2D eigenvalue weighted by atomic mass is 32.2. The molecule has 1 aliphatic rings. The lowest BCUT2D eigenvalue weighted by Crippen LogP contribution is -2.21. The number of carbonyl (C=O) groups excluding carboxylic acids is 3. The van der Waals surface area contributed by atoms with Gasteiger partial charge in [0.05, 0.1) is 16.0 Å². The molecule has 146 valence electrons. The lowest BCUT2D eigenvalue weighted by molar-refractivity contribution is -0.113. The molecule has 1 aliphatic carbocycles. The maximum absolute atomic E-state index is 12.8. The smallest absolute Gasteiger partial charge is 0.234 e. The highest BCUT2D eigenvalue weighted by Crippen LogP contribution is 2.30. The molecular formula is C22H13N3O3S2. The van der Waals surface area contributed by atoms with Crippen LogP contribution >= 0.6 is 23.1 Å². The number of rotatable bonds is 4. The van der Waals surface area contributed by atoms with Gasteiger partial charge in [-0.25, -0.2) is 9.97 Å². The van der Waals surface area contributed by atoms with Crippen LogP contribution in [0.15, 0.2) is 65.3 Å². The summed E-state index contributed by atoms with van der Waals surface area (Å²) in [7, 11) is 0. The first-order chi connectivity index (χ1) is 14.6. The van der Waals surface area contributed by atoms with Crippen LogP contribution in [0.3, 0.4) is 0 Å². The van der Waals surface area contributed by atoms with Crippen LogP contribution in [0, 0.1) is 0 Å². The summed E-state index contributed by atoms with van der Waals surface area (Å²) in [5.74, 6) is -0.459. The molecule has 1 amide bonds. The second-order valence-electron chi connectivity index (χ2n) is 6.61. The Hall–Kier alpha value is -3.36. The van der Waals surface area contributed by atoms with Gasteiger partial charge in [0, 0.05) is 27.9 Å². The summed E-state index contributed by atoms with van der Waals surface area (Å²) in [6.45, 7) is 0. The number of thiophene rings is 1. The van der Waals surface area contributed by atoms with Gasteiger partial charge in [-0.3, -0.25) is 14.4 Å². The number of hydrogen-bond donors (Lipinski definition) is 1. The molecular weight excluding hydrogens is 418 g/mol. The number of hydrogen-bond acceptors (Lipinski definition) is 7. The zero-order valence-corrected chi connectivity index (χ0v) is 17.0. The van der Waals surface area contributed by atoms with Crippen LogP contribution in [-0.2, 0) is 4.79 Å². The number of benzene rings is 2. The standard InChI is InChI=1S/C22H13N3O3S2/c26-18(10-30-22-21-17(7-8-29-21)23-11-24-22)25-12-5-6-15-16(9-12)20(28)14-4-2-1-3-13(14)19(15)27/h1-9,11H,10H2,(H,25,26). The maximum atomic E-state index is 12.8. The van der Waals surface area contributed by atoms with Gasteiger partial charge in [-0.15, -0.1) is 11.3 Å². The minimum atomic E-state index is -0.224. The number of amides is 1. The summed E-state index contributed by atoms with van der Waals surface area (Å²) in [6, 6.07) is 13.5. The van der Waals surface area contributed by atoms with E-state index >= 15 is 0 Å². The van der Waals surface area contributed by atoms with Crippen LogP contribution in [0.2, 0.25) is 0 Å². The lowest BCUT2D eigenvalue weighted by Gasteiger charge is -2.18. The van der Waals surface area contributed by atoms with Crippen molar-refractivity contribution in [3.05, 3.63) is 82.5 Å².